The Morgan fingerprint density at radius 1 is 1.14 bits per heavy atom. The topological polar surface area (TPSA) is 34.2 Å². The Morgan fingerprint density at radius 3 is 2.76 bits per heavy atom. The van der Waals surface area contributed by atoms with Crippen LogP contribution in [0.4, 0.5) is 0 Å². The van der Waals surface area contributed by atoms with E-state index in [1.165, 1.54) is 21.2 Å². The van der Waals surface area contributed by atoms with E-state index >= 15 is 0 Å². The van der Waals surface area contributed by atoms with Gasteiger partial charge in [0.2, 0.25) is 0 Å². The molecular weight excluding hydrogens is 280 g/mol. The molecule has 1 aromatic heterocycles. The summed E-state index contributed by atoms with van der Waals surface area (Å²) in [4.78, 5) is 5.80. The third kappa shape index (κ3) is 3.06. The van der Waals surface area contributed by atoms with Gasteiger partial charge < -0.3 is 10.1 Å². The van der Waals surface area contributed by atoms with Crippen LogP contribution < -0.4 is 10.1 Å². The summed E-state index contributed by atoms with van der Waals surface area (Å²) in [5.41, 5.74) is 1.17. The zero-order valence-electron chi connectivity index (χ0n) is 12.2. The summed E-state index contributed by atoms with van der Waals surface area (Å²) in [6, 6.07) is 12.6. The summed E-state index contributed by atoms with van der Waals surface area (Å²) >= 11 is 1.74. The number of ether oxygens (including phenoxy) is 1. The molecule has 108 valence electrons. The van der Waals surface area contributed by atoms with Gasteiger partial charge in [0.1, 0.15) is 10.8 Å². The Morgan fingerprint density at radius 2 is 1.95 bits per heavy atom. The van der Waals surface area contributed by atoms with E-state index in [1.54, 1.807) is 18.4 Å². The second kappa shape index (κ2) is 6.24. The van der Waals surface area contributed by atoms with Gasteiger partial charge in [-0.25, -0.2) is 4.98 Å². The third-order valence-corrected chi connectivity index (χ3v) is 4.44. The van der Waals surface area contributed by atoms with Crippen molar-refractivity contribution >= 4 is 22.1 Å². The Balaban J connectivity index is 1.91. The predicted octanol–water partition coefficient (Wildman–Crippen LogP) is 4.08. The average Bonchev–Trinajstić information content (AvgIpc) is 3.00. The van der Waals surface area contributed by atoms with Crippen LogP contribution in [0.15, 0.2) is 42.6 Å². The number of methoxy groups -OCH3 is 1. The molecule has 0 unspecified atom stereocenters. The second-order valence-electron chi connectivity index (χ2n) is 4.84. The molecule has 1 heterocycles. The molecule has 0 amide bonds. The normalized spacial score (nSPS) is 11.0. The molecule has 1 N–H and O–H groups in total. The van der Waals surface area contributed by atoms with E-state index in [-0.39, 0.29) is 0 Å². The first-order chi connectivity index (χ1) is 10.3. The number of hydrogen-bond donors (Lipinski definition) is 1. The number of rotatable bonds is 5. The highest BCUT2D eigenvalue weighted by Crippen LogP contribution is 2.29. The van der Waals surface area contributed by atoms with Crippen LogP contribution in [-0.2, 0) is 6.54 Å². The number of nitrogens with one attached hydrogen (secondary N) is 1. The molecule has 0 radical (unpaired) electrons. The molecule has 0 atom stereocenters. The fourth-order valence-corrected chi connectivity index (χ4v) is 3.13. The molecule has 4 heteroatoms. The van der Waals surface area contributed by atoms with Crippen LogP contribution in [0.1, 0.15) is 11.8 Å². The summed E-state index contributed by atoms with van der Waals surface area (Å²) in [6.07, 6.45) is 1.96. The molecule has 3 nitrogen and oxygen atoms in total. The standard InChI is InChI=1S/C17H18N2OS/c1-3-18-10-16-11-19-17(21-16)14-5-4-13-9-15(20-2)7-6-12(13)8-14/h4-9,11,18H,3,10H2,1-2H3. The van der Waals surface area contributed by atoms with Gasteiger partial charge in [-0.15, -0.1) is 11.3 Å². The zero-order valence-corrected chi connectivity index (χ0v) is 13.0. The molecule has 0 aliphatic heterocycles. The molecule has 0 saturated carbocycles. The van der Waals surface area contributed by atoms with Gasteiger partial charge in [-0.2, -0.15) is 0 Å². The highest BCUT2D eigenvalue weighted by atomic mass is 32.1. The lowest BCUT2D eigenvalue weighted by Crippen LogP contribution is -2.10. The molecule has 0 fully saturated rings. The molecule has 0 saturated heterocycles. The van der Waals surface area contributed by atoms with E-state index in [2.05, 4.69) is 47.6 Å². The number of thiazole rings is 1. The monoisotopic (exact) mass is 298 g/mol. The van der Waals surface area contributed by atoms with Crippen molar-refractivity contribution in [2.45, 2.75) is 13.5 Å². The lowest BCUT2D eigenvalue weighted by molar-refractivity contribution is 0.415. The van der Waals surface area contributed by atoms with Crippen LogP contribution in [-0.4, -0.2) is 18.6 Å². The van der Waals surface area contributed by atoms with Crippen LogP contribution >= 0.6 is 11.3 Å². The van der Waals surface area contributed by atoms with Crippen LogP contribution in [0, 0.1) is 0 Å². The summed E-state index contributed by atoms with van der Waals surface area (Å²) in [6.45, 7) is 3.98. The van der Waals surface area contributed by atoms with Crippen molar-refractivity contribution in [2.75, 3.05) is 13.7 Å². The number of hydrogen-bond acceptors (Lipinski definition) is 4. The van der Waals surface area contributed by atoms with E-state index in [9.17, 15) is 0 Å². The van der Waals surface area contributed by atoms with Gasteiger partial charge in [0, 0.05) is 23.2 Å². The van der Waals surface area contributed by atoms with Crippen LogP contribution in [0.3, 0.4) is 0 Å². The molecule has 0 spiro atoms. The molecule has 3 aromatic rings. The molecule has 0 aliphatic rings. The first-order valence-electron chi connectivity index (χ1n) is 7.03. The SMILES string of the molecule is CCNCc1cnc(-c2ccc3cc(OC)ccc3c2)s1. The maximum Gasteiger partial charge on any atom is 0.123 e. The first-order valence-corrected chi connectivity index (χ1v) is 7.85. The van der Waals surface area contributed by atoms with Crippen molar-refractivity contribution in [3.05, 3.63) is 47.5 Å². The fraction of sp³-hybridized carbons (Fsp3) is 0.235. The van der Waals surface area contributed by atoms with Crippen LogP contribution in [0.25, 0.3) is 21.3 Å². The van der Waals surface area contributed by atoms with E-state index < -0.39 is 0 Å². The maximum atomic E-state index is 5.26. The summed E-state index contributed by atoms with van der Waals surface area (Å²) in [5, 5.41) is 6.79. The molecule has 2 aromatic carbocycles. The van der Waals surface area contributed by atoms with Crippen molar-refractivity contribution in [1.29, 1.82) is 0 Å². The van der Waals surface area contributed by atoms with Gasteiger partial charge in [-0.3, -0.25) is 0 Å². The lowest BCUT2D eigenvalue weighted by Gasteiger charge is -2.04. The Labute approximate surface area is 128 Å². The summed E-state index contributed by atoms with van der Waals surface area (Å²) in [5.74, 6) is 0.887. The van der Waals surface area contributed by atoms with Crippen molar-refractivity contribution in [2.24, 2.45) is 0 Å². The average molecular weight is 298 g/mol. The smallest absolute Gasteiger partial charge is 0.123 e. The van der Waals surface area contributed by atoms with Gasteiger partial charge >= 0.3 is 0 Å². The molecule has 0 bridgehead atoms. The van der Waals surface area contributed by atoms with Gasteiger partial charge in [0.15, 0.2) is 0 Å². The number of nitrogens with zero attached hydrogens (tertiary/aromatic N) is 1. The maximum absolute atomic E-state index is 5.26. The predicted molar refractivity (Wildman–Crippen MR) is 89.0 cm³/mol. The van der Waals surface area contributed by atoms with Crippen molar-refractivity contribution in [3.8, 4) is 16.3 Å². The zero-order chi connectivity index (χ0) is 14.7. The van der Waals surface area contributed by atoms with E-state index in [4.69, 9.17) is 4.74 Å². The highest BCUT2D eigenvalue weighted by molar-refractivity contribution is 7.15. The van der Waals surface area contributed by atoms with E-state index in [0.29, 0.717) is 0 Å². The highest BCUT2D eigenvalue weighted by Gasteiger charge is 2.06. The van der Waals surface area contributed by atoms with Gasteiger partial charge in [0.25, 0.3) is 0 Å². The van der Waals surface area contributed by atoms with E-state index in [0.717, 1.165) is 23.8 Å². The number of benzene rings is 2. The first kappa shape index (κ1) is 14.0. The van der Waals surface area contributed by atoms with Crippen molar-refractivity contribution in [3.63, 3.8) is 0 Å². The van der Waals surface area contributed by atoms with Gasteiger partial charge in [-0.05, 0) is 35.5 Å². The second-order valence-corrected chi connectivity index (χ2v) is 5.96. The van der Waals surface area contributed by atoms with Gasteiger partial charge in [-0.1, -0.05) is 25.1 Å². The molecule has 21 heavy (non-hydrogen) atoms. The van der Waals surface area contributed by atoms with Crippen molar-refractivity contribution < 1.29 is 4.74 Å². The van der Waals surface area contributed by atoms with Crippen molar-refractivity contribution in [1.82, 2.24) is 10.3 Å². The Hall–Kier alpha value is -1.91. The third-order valence-electron chi connectivity index (χ3n) is 3.40. The fourth-order valence-electron chi connectivity index (χ4n) is 2.25. The number of fused-ring (bicyclic) bond motifs is 1. The minimum atomic E-state index is 0.887. The summed E-state index contributed by atoms with van der Waals surface area (Å²) < 4.78 is 5.26. The minimum Gasteiger partial charge on any atom is -0.497 e. The lowest BCUT2D eigenvalue weighted by atomic mass is 10.1. The quantitative estimate of drug-likeness (QED) is 0.770. The number of aromatic nitrogens is 1. The molecule has 0 aliphatic carbocycles. The minimum absolute atomic E-state index is 0.887. The van der Waals surface area contributed by atoms with E-state index in [1.807, 2.05) is 12.3 Å². The largest absolute Gasteiger partial charge is 0.497 e. The Bertz CT molecular complexity index is 751. The van der Waals surface area contributed by atoms with Crippen LogP contribution in [0.2, 0.25) is 0 Å². The summed E-state index contributed by atoms with van der Waals surface area (Å²) in [7, 11) is 1.69. The van der Waals surface area contributed by atoms with Crippen LogP contribution in [0.5, 0.6) is 5.75 Å². The molecule has 3 rings (SSSR count). The Kier molecular flexibility index (Phi) is 4.18. The van der Waals surface area contributed by atoms with Gasteiger partial charge in [0.05, 0.1) is 7.11 Å². The molecular formula is C17H18N2OS.